The van der Waals surface area contributed by atoms with Crippen LogP contribution >= 0.6 is 0 Å². The van der Waals surface area contributed by atoms with E-state index in [1.165, 1.54) is 117 Å². The van der Waals surface area contributed by atoms with Crippen molar-refractivity contribution in [1.82, 2.24) is 0 Å². The maximum absolute atomic E-state index is 7.90. The zero-order valence-electron chi connectivity index (χ0n) is 49.2. The second-order valence-corrected chi connectivity index (χ2v) is 29.4. The molecule has 3 heterocycles. The maximum Gasteiger partial charge on any atom is 0.297 e. The molecular weight excluding hydrogens is 932 g/mol. The molecule has 0 unspecified atom stereocenters. The lowest BCUT2D eigenvalue weighted by atomic mass is 9.35. The van der Waals surface area contributed by atoms with Gasteiger partial charge in [0, 0.05) is 33.6 Å². The Morgan fingerprint density at radius 3 is 1.39 bits per heavy atom. The summed E-state index contributed by atoms with van der Waals surface area (Å²) in [5.74, 6) is 0. The molecule has 0 saturated carbocycles. The molecule has 0 radical (unpaired) electrons. The van der Waals surface area contributed by atoms with Gasteiger partial charge in [0.15, 0.2) is 0 Å². The lowest BCUT2D eigenvalue weighted by molar-refractivity contribution is 0.332. The standard InChI is InChI=1S/C73H81BN2O/c1-44-35-61-64-62(36-44)76(59-41-54-51(68(5,6)29-32-71(54,11)12)38-49(59)46-25-21-18-22-26-46)65-50-39-52-56(73(15,16)34-30-69(52,7)8)43-63(50)77-66(65)74(64)57-40-53-55(72(13,14)33-31-70(53,9)10)42-60(57)75(61)58-28-27-47(67(2,3)4)37-48(58)45-23-19-17-20-24-45/h17-28,35-43H,29-34H2,1-16H3. The first kappa shape index (κ1) is 50.3. The van der Waals surface area contributed by atoms with Crippen LogP contribution in [-0.2, 0) is 37.9 Å². The van der Waals surface area contributed by atoms with Crippen LogP contribution in [0.1, 0.15) is 187 Å². The number of aryl methyl sites for hydroxylation is 1. The van der Waals surface area contributed by atoms with Crippen molar-refractivity contribution in [3.8, 4) is 22.3 Å². The summed E-state index contributed by atoms with van der Waals surface area (Å²) in [7, 11) is 0. The van der Waals surface area contributed by atoms with Crippen molar-refractivity contribution in [2.75, 3.05) is 9.80 Å². The van der Waals surface area contributed by atoms with Gasteiger partial charge in [-0.15, -0.1) is 0 Å². The van der Waals surface area contributed by atoms with Crippen LogP contribution < -0.4 is 26.4 Å². The molecule has 77 heavy (non-hydrogen) atoms. The van der Waals surface area contributed by atoms with Crippen molar-refractivity contribution in [1.29, 1.82) is 0 Å². The third kappa shape index (κ3) is 7.56. The van der Waals surface area contributed by atoms with Crippen LogP contribution in [0.3, 0.4) is 0 Å². The molecule has 7 aromatic carbocycles. The maximum atomic E-state index is 7.90. The molecule has 0 spiro atoms. The van der Waals surface area contributed by atoms with Crippen LogP contribution in [0, 0.1) is 6.92 Å². The van der Waals surface area contributed by atoms with Crippen molar-refractivity contribution in [2.24, 2.45) is 0 Å². The van der Waals surface area contributed by atoms with Gasteiger partial charge in [0.2, 0.25) is 0 Å². The van der Waals surface area contributed by atoms with Crippen molar-refractivity contribution in [2.45, 2.75) is 187 Å². The van der Waals surface area contributed by atoms with Gasteiger partial charge in [-0.05, 0) is 205 Å². The SMILES string of the molecule is Cc1cc2c3c(c1)N(c1cc4c(cc1-c1ccccc1)C(C)(C)CCC4(C)C)c1c(oc4cc5c(cc14)C(C)(C)CCC5(C)C)B3c1cc3c(cc1N2c1ccc(C(C)(C)C)cc1-c1ccccc1)C(C)(C)CCC3(C)C. The normalized spacial score (nSPS) is 19.7. The predicted molar refractivity (Wildman–Crippen MR) is 330 cm³/mol. The Hall–Kier alpha value is -6.26. The highest BCUT2D eigenvalue weighted by molar-refractivity contribution is 7.00. The van der Waals surface area contributed by atoms with Crippen LogP contribution in [0.5, 0.6) is 0 Å². The highest BCUT2D eigenvalue weighted by atomic mass is 16.3. The number of rotatable bonds is 4. The molecule has 0 atom stereocenters. The summed E-state index contributed by atoms with van der Waals surface area (Å²) in [6.45, 7) is 38.9. The fourth-order valence-corrected chi connectivity index (χ4v) is 14.9. The smallest absolute Gasteiger partial charge is 0.297 e. The van der Waals surface area contributed by atoms with E-state index in [1.54, 1.807) is 0 Å². The number of fused-ring (bicyclic) bond motifs is 9. The molecule has 0 saturated heterocycles. The lowest BCUT2D eigenvalue weighted by Crippen LogP contribution is -2.61. The molecule has 0 fully saturated rings. The summed E-state index contributed by atoms with van der Waals surface area (Å²) in [4.78, 5) is 5.41. The van der Waals surface area contributed by atoms with Crippen molar-refractivity contribution in [3.63, 3.8) is 0 Å². The van der Waals surface area contributed by atoms with Gasteiger partial charge in [-0.1, -0.05) is 177 Å². The molecule has 4 heteroatoms. The molecule has 0 N–H and O–H groups in total. The monoisotopic (exact) mass is 1010 g/mol. The van der Waals surface area contributed by atoms with E-state index in [9.17, 15) is 0 Å². The molecule has 1 aromatic heterocycles. The summed E-state index contributed by atoms with van der Waals surface area (Å²) in [6.07, 6.45) is 6.86. The Morgan fingerprint density at radius 1 is 0.429 bits per heavy atom. The molecule has 13 rings (SSSR count). The topological polar surface area (TPSA) is 19.6 Å². The van der Waals surface area contributed by atoms with Crippen LogP contribution in [0.4, 0.5) is 34.1 Å². The number of hydrogen-bond donors (Lipinski definition) is 0. The molecule has 5 aliphatic rings. The quantitative estimate of drug-likeness (QED) is 0.164. The highest BCUT2D eigenvalue weighted by Crippen LogP contribution is 2.57. The van der Waals surface area contributed by atoms with Crippen molar-refractivity contribution >= 4 is 68.4 Å². The summed E-state index contributed by atoms with van der Waals surface area (Å²) in [5.41, 5.74) is 28.3. The summed E-state index contributed by atoms with van der Waals surface area (Å²) >= 11 is 0. The lowest BCUT2D eigenvalue weighted by Gasteiger charge is -2.47. The predicted octanol–water partition coefficient (Wildman–Crippen LogP) is 18.5. The highest BCUT2D eigenvalue weighted by Gasteiger charge is 2.51. The molecule has 0 bridgehead atoms. The Morgan fingerprint density at radius 2 is 0.870 bits per heavy atom. The second-order valence-electron chi connectivity index (χ2n) is 29.4. The van der Waals surface area contributed by atoms with Gasteiger partial charge in [-0.3, -0.25) is 0 Å². The molecule has 3 nitrogen and oxygen atoms in total. The van der Waals surface area contributed by atoms with Gasteiger partial charge in [0.1, 0.15) is 5.58 Å². The minimum Gasteiger partial charge on any atom is -0.468 e. The Balaban J connectivity index is 1.21. The first-order valence-electron chi connectivity index (χ1n) is 29.2. The van der Waals surface area contributed by atoms with Gasteiger partial charge in [0.25, 0.3) is 6.71 Å². The summed E-state index contributed by atoms with van der Waals surface area (Å²) in [5, 5.41) is 1.21. The van der Waals surface area contributed by atoms with Crippen LogP contribution in [-0.4, -0.2) is 6.71 Å². The van der Waals surface area contributed by atoms with Gasteiger partial charge in [0.05, 0.1) is 22.7 Å². The molecule has 2 aliphatic heterocycles. The van der Waals surface area contributed by atoms with Crippen molar-refractivity contribution < 1.29 is 4.42 Å². The zero-order valence-corrected chi connectivity index (χ0v) is 49.2. The van der Waals surface area contributed by atoms with Crippen molar-refractivity contribution in [3.05, 3.63) is 172 Å². The molecule has 0 amide bonds. The van der Waals surface area contributed by atoms with Gasteiger partial charge < -0.3 is 14.2 Å². The average molecular weight is 1010 g/mol. The molecule has 8 aromatic rings. The van der Waals surface area contributed by atoms with E-state index in [4.69, 9.17) is 4.42 Å². The fourth-order valence-electron chi connectivity index (χ4n) is 14.9. The van der Waals surface area contributed by atoms with E-state index >= 15 is 0 Å². The van der Waals surface area contributed by atoms with E-state index in [1.807, 2.05) is 0 Å². The number of anilines is 6. The Bertz CT molecular complexity index is 3760. The number of furan rings is 1. The van der Waals surface area contributed by atoms with E-state index in [-0.39, 0.29) is 44.6 Å². The molecule has 3 aliphatic carbocycles. The van der Waals surface area contributed by atoms with Gasteiger partial charge in [-0.25, -0.2) is 0 Å². The fraction of sp³-hybridized carbons (Fsp3) is 0.397. The first-order valence-corrected chi connectivity index (χ1v) is 29.2. The third-order valence-electron chi connectivity index (χ3n) is 20.2. The summed E-state index contributed by atoms with van der Waals surface area (Å²) < 4.78 is 7.90. The van der Waals surface area contributed by atoms with Crippen LogP contribution in [0.2, 0.25) is 0 Å². The van der Waals surface area contributed by atoms with Crippen LogP contribution in [0.25, 0.3) is 33.2 Å². The van der Waals surface area contributed by atoms with Gasteiger partial charge >= 0.3 is 0 Å². The van der Waals surface area contributed by atoms with Crippen LogP contribution in [0.15, 0.2) is 132 Å². The van der Waals surface area contributed by atoms with Gasteiger partial charge in [-0.2, -0.15) is 0 Å². The van der Waals surface area contributed by atoms with E-state index in [0.717, 1.165) is 49.8 Å². The average Bonchev–Trinajstić information content (AvgIpc) is 3.96. The van der Waals surface area contributed by atoms with E-state index < -0.39 is 0 Å². The second kappa shape index (κ2) is 16.4. The Labute approximate surface area is 461 Å². The zero-order chi connectivity index (χ0) is 54.3. The minimum atomic E-state index is -0.170. The van der Waals surface area contributed by atoms with E-state index in [0.29, 0.717) is 0 Å². The minimum absolute atomic E-state index is 0.00284. The van der Waals surface area contributed by atoms with E-state index in [2.05, 4.69) is 248 Å². The number of benzene rings is 7. The Kier molecular flexibility index (Phi) is 10.7. The summed E-state index contributed by atoms with van der Waals surface area (Å²) in [6, 6.07) is 50.4. The number of nitrogens with zero attached hydrogens (tertiary/aromatic N) is 2. The molecular formula is C73H81BN2O. The first-order chi connectivity index (χ1) is 36.2. The third-order valence-corrected chi connectivity index (χ3v) is 20.2. The molecule has 392 valence electrons. The largest absolute Gasteiger partial charge is 0.468 e. The number of hydrogen-bond acceptors (Lipinski definition) is 3.